The van der Waals surface area contributed by atoms with Crippen molar-refractivity contribution in [2.75, 3.05) is 13.7 Å². The lowest BCUT2D eigenvalue weighted by atomic mass is 9.86. The van der Waals surface area contributed by atoms with Gasteiger partial charge in [0.15, 0.2) is 0 Å². The second kappa shape index (κ2) is 7.55. The van der Waals surface area contributed by atoms with Crippen LogP contribution in [0.1, 0.15) is 44.7 Å². The Kier molecular flexibility index (Phi) is 5.38. The molecule has 1 heterocycles. The number of aryl methyl sites for hydroxylation is 1. The van der Waals surface area contributed by atoms with E-state index in [1.54, 1.807) is 7.11 Å². The summed E-state index contributed by atoms with van der Waals surface area (Å²) in [5.41, 5.74) is 12.2. The molecular formula is C23H30N2O. The summed E-state index contributed by atoms with van der Waals surface area (Å²) >= 11 is 0. The summed E-state index contributed by atoms with van der Waals surface area (Å²) in [4.78, 5) is 3.63. The molecule has 0 aliphatic heterocycles. The maximum absolute atomic E-state index is 5.70. The maximum atomic E-state index is 5.70. The van der Waals surface area contributed by atoms with Gasteiger partial charge in [-0.25, -0.2) is 0 Å². The number of nitrogens with two attached hydrogens (primary N) is 1. The van der Waals surface area contributed by atoms with Gasteiger partial charge in [0.25, 0.3) is 0 Å². The molecule has 2 aromatic carbocycles. The van der Waals surface area contributed by atoms with Crippen molar-refractivity contribution in [3.8, 4) is 17.0 Å². The minimum absolute atomic E-state index is 0.163. The van der Waals surface area contributed by atoms with Crippen molar-refractivity contribution >= 4 is 10.9 Å². The molecule has 138 valence electrons. The summed E-state index contributed by atoms with van der Waals surface area (Å²) in [5, 5.41) is 1.25. The van der Waals surface area contributed by atoms with Gasteiger partial charge in [0.1, 0.15) is 5.75 Å². The molecule has 0 amide bonds. The molecule has 0 fully saturated rings. The van der Waals surface area contributed by atoms with Gasteiger partial charge < -0.3 is 15.5 Å². The average Bonchev–Trinajstić information content (AvgIpc) is 2.99. The van der Waals surface area contributed by atoms with Crippen LogP contribution in [-0.2, 0) is 11.8 Å². The van der Waals surface area contributed by atoms with Gasteiger partial charge >= 0.3 is 0 Å². The third kappa shape index (κ3) is 3.78. The number of methoxy groups -OCH3 is 1. The second-order valence-corrected chi connectivity index (χ2v) is 7.96. The molecule has 0 spiro atoms. The largest absolute Gasteiger partial charge is 0.497 e. The topological polar surface area (TPSA) is 51.0 Å². The Balaban J connectivity index is 2.07. The summed E-state index contributed by atoms with van der Waals surface area (Å²) in [5.74, 6) is 0.895. The number of nitrogens with one attached hydrogen (secondary N) is 1. The Morgan fingerprint density at radius 2 is 1.73 bits per heavy atom. The number of aromatic nitrogens is 1. The van der Waals surface area contributed by atoms with Crippen molar-refractivity contribution in [3.05, 3.63) is 53.6 Å². The minimum Gasteiger partial charge on any atom is -0.497 e. The quantitative estimate of drug-likeness (QED) is 0.583. The van der Waals surface area contributed by atoms with Crippen LogP contribution in [-0.4, -0.2) is 18.6 Å². The van der Waals surface area contributed by atoms with Crippen molar-refractivity contribution < 1.29 is 4.74 Å². The van der Waals surface area contributed by atoms with Gasteiger partial charge in [0, 0.05) is 16.6 Å². The molecule has 0 bridgehead atoms. The van der Waals surface area contributed by atoms with Crippen LogP contribution in [0.15, 0.2) is 42.5 Å². The van der Waals surface area contributed by atoms with Gasteiger partial charge in [0.05, 0.1) is 7.11 Å². The van der Waals surface area contributed by atoms with Crippen LogP contribution in [0.5, 0.6) is 5.75 Å². The zero-order valence-corrected chi connectivity index (χ0v) is 16.4. The highest BCUT2D eigenvalue weighted by atomic mass is 16.5. The predicted octanol–water partition coefficient (Wildman–Crippen LogP) is 5.42. The number of fused-ring (bicyclic) bond motifs is 1. The van der Waals surface area contributed by atoms with Crippen LogP contribution in [0.25, 0.3) is 22.2 Å². The fourth-order valence-corrected chi connectivity index (χ4v) is 3.44. The first-order valence-corrected chi connectivity index (χ1v) is 9.43. The highest BCUT2D eigenvalue weighted by Gasteiger charge is 2.16. The molecule has 3 nitrogen and oxygen atoms in total. The number of aromatic amines is 1. The first kappa shape index (κ1) is 18.5. The van der Waals surface area contributed by atoms with Crippen molar-refractivity contribution in [2.24, 2.45) is 5.73 Å². The summed E-state index contributed by atoms with van der Waals surface area (Å²) < 4.78 is 5.44. The number of benzene rings is 2. The lowest BCUT2D eigenvalue weighted by Crippen LogP contribution is -2.10. The summed E-state index contributed by atoms with van der Waals surface area (Å²) in [6.07, 6.45) is 3.15. The van der Waals surface area contributed by atoms with E-state index in [0.717, 1.165) is 37.1 Å². The lowest BCUT2D eigenvalue weighted by molar-refractivity contribution is 0.415. The van der Waals surface area contributed by atoms with Crippen LogP contribution in [0, 0.1) is 0 Å². The Morgan fingerprint density at radius 3 is 2.35 bits per heavy atom. The molecule has 26 heavy (non-hydrogen) atoms. The van der Waals surface area contributed by atoms with Crippen molar-refractivity contribution in [1.29, 1.82) is 0 Å². The van der Waals surface area contributed by atoms with Gasteiger partial charge in [-0.15, -0.1) is 0 Å². The first-order chi connectivity index (χ1) is 12.4. The van der Waals surface area contributed by atoms with E-state index in [9.17, 15) is 0 Å². The number of rotatable bonds is 6. The van der Waals surface area contributed by atoms with Crippen molar-refractivity contribution in [2.45, 2.75) is 45.4 Å². The fraction of sp³-hybridized carbons (Fsp3) is 0.391. The molecular weight excluding hydrogens is 320 g/mol. The average molecular weight is 351 g/mol. The van der Waals surface area contributed by atoms with Gasteiger partial charge in [-0.3, -0.25) is 0 Å². The van der Waals surface area contributed by atoms with Gasteiger partial charge in [-0.05, 0) is 66.1 Å². The van der Waals surface area contributed by atoms with Crippen LogP contribution < -0.4 is 10.5 Å². The molecule has 3 N–H and O–H groups in total. The third-order valence-corrected chi connectivity index (χ3v) is 5.03. The molecule has 0 aliphatic rings. The van der Waals surface area contributed by atoms with Crippen molar-refractivity contribution in [1.82, 2.24) is 4.98 Å². The Labute approximate surface area is 156 Å². The van der Waals surface area contributed by atoms with E-state index >= 15 is 0 Å². The van der Waals surface area contributed by atoms with Crippen LogP contribution in [0.3, 0.4) is 0 Å². The van der Waals surface area contributed by atoms with Gasteiger partial charge in [-0.2, -0.15) is 0 Å². The lowest BCUT2D eigenvalue weighted by Gasteiger charge is -2.19. The maximum Gasteiger partial charge on any atom is 0.119 e. The smallest absolute Gasteiger partial charge is 0.119 e. The second-order valence-electron chi connectivity index (χ2n) is 7.96. The Hall–Kier alpha value is -2.26. The van der Waals surface area contributed by atoms with E-state index in [-0.39, 0.29) is 5.41 Å². The number of unbranched alkanes of at least 4 members (excludes halogenated alkanes) is 1. The van der Waals surface area contributed by atoms with Gasteiger partial charge in [0.2, 0.25) is 0 Å². The first-order valence-electron chi connectivity index (χ1n) is 9.43. The molecule has 0 aliphatic carbocycles. The van der Waals surface area contributed by atoms with E-state index in [4.69, 9.17) is 10.5 Å². The molecule has 0 unspecified atom stereocenters. The van der Waals surface area contributed by atoms with Crippen LogP contribution in [0.4, 0.5) is 0 Å². The third-order valence-electron chi connectivity index (χ3n) is 5.03. The SMILES string of the molecule is COc1ccc2[nH]c(-c3ccc(C(C)(C)C)cc3)c(CCCCN)c2c1. The molecule has 0 saturated carbocycles. The molecule has 3 rings (SSSR count). The molecule has 3 aromatic rings. The Bertz CT molecular complexity index is 870. The molecule has 3 heteroatoms. The minimum atomic E-state index is 0.163. The number of hydrogen-bond acceptors (Lipinski definition) is 2. The van der Waals surface area contributed by atoms with Gasteiger partial charge in [-0.1, -0.05) is 45.0 Å². The van der Waals surface area contributed by atoms with E-state index in [2.05, 4.69) is 62.2 Å². The zero-order chi connectivity index (χ0) is 18.7. The van der Waals surface area contributed by atoms with Crippen LogP contribution >= 0.6 is 0 Å². The van der Waals surface area contributed by atoms with E-state index in [1.807, 2.05) is 6.07 Å². The zero-order valence-electron chi connectivity index (χ0n) is 16.4. The fourth-order valence-electron chi connectivity index (χ4n) is 3.44. The summed E-state index contributed by atoms with van der Waals surface area (Å²) in [7, 11) is 1.72. The van der Waals surface area contributed by atoms with E-state index in [1.165, 1.54) is 27.8 Å². The summed E-state index contributed by atoms with van der Waals surface area (Å²) in [6.45, 7) is 7.47. The molecule has 0 atom stereocenters. The standard InChI is InChI=1S/C23H30N2O/c1-23(2,3)17-10-8-16(9-11-17)22-19(7-5-6-14-24)20-15-18(26-4)12-13-21(20)25-22/h8-13,15,25H,5-7,14,24H2,1-4H3. The Morgan fingerprint density at radius 1 is 1.00 bits per heavy atom. The molecule has 1 aromatic heterocycles. The highest BCUT2D eigenvalue weighted by Crippen LogP contribution is 2.34. The normalized spacial score (nSPS) is 11.9. The van der Waals surface area contributed by atoms with Crippen LogP contribution in [0.2, 0.25) is 0 Å². The predicted molar refractivity (Wildman–Crippen MR) is 111 cm³/mol. The molecule has 0 saturated heterocycles. The monoisotopic (exact) mass is 350 g/mol. The highest BCUT2D eigenvalue weighted by molar-refractivity contribution is 5.91. The molecule has 0 radical (unpaired) electrons. The number of hydrogen-bond donors (Lipinski definition) is 2. The van der Waals surface area contributed by atoms with E-state index in [0.29, 0.717) is 0 Å². The van der Waals surface area contributed by atoms with E-state index < -0.39 is 0 Å². The number of H-pyrrole nitrogens is 1. The number of ether oxygens (including phenoxy) is 1. The van der Waals surface area contributed by atoms with Crippen molar-refractivity contribution in [3.63, 3.8) is 0 Å². The summed E-state index contributed by atoms with van der Waals surface area (Å²) in [6, 6.07) is 15.2.